The summed E-state index contributed by atoms with van der Waals surface area (Å²) < 4.78 is 0. The Morgan fingerprint density at radius 3 is 2.33 bits per heavy atom. The predicted molar refractivity (Wildman–Crippen MR) is 70.4 cm³/mol. The van der Waals surface area contributed by atoms with Gasteiger partial charge in [-0.1, -0.05) is 0 Å². The number of hydrogen-bond donors (Lipinski definition) is 0. The lowest BCUT2D eigenvalue weighted by atomic mass is 10.2. The van der Waals surface area contributed by atoms with E-state index in [2.05, 4.69) is 0 Å². The number of nitrogens with zero attached hydrogens (tertiary/aromatic N) is 2. The monoisotopic (exact) mass is 290 g/mol. The second kappa shape index (κ2) is 5.53. The van der Waals surface area contributed by atoms with E-state index in [1.165, 1.54) is 23.9 Å². The Morgan fingerprint density at radius 1 is 1.28 bits per heavy atom. The van der Waals surface area contributed by atoms with E-state index >= 15 is 0 Å². The Kier molecular flexibility index (Phi) is 4.53. The van der Waals surface area contributed by atoms with Crippen molar-refractivity contribution in [2.24, 2.45) is 0 Å². The van der Waals surface area contributed by atoms with Gasteiger partial charge in [0.1, 0.15) is 0 Å². The summed E-state index contributed by atoms with van der Waals surface area (Å²) in [6.45, 7) is 3.58. The van der Waals surface area contributed by atoms with Crippen molar-refractivity contribution in [3.05, 3.63) is 38.4 Å². The van der Waals surface area contributed by atoms with Gasteiger partial charge >= 0.3 is 0 Å². The lowest BCUT2D eigenvalue weighted by Crippen LogP contribution is -2.13. The summed E-state index contributed by atoms with van der Waals surface area (Å²) in [5.41, 5.74) is -0.564. The fourth-order valence-electron chi connectivity index (χ4n) is 1.13. The number of nitro groups is 2. The molecule has 0 bridgehead atoms. The van der Waals surface area contributed by atoms with Crippen LogP contribution in [0.1, 0.15) is 13.8 Å². The van der Waals surface area contributed by atoms with Gasteiger partial charge in [-0.2, -0.15) is 0 Å². The molecular formula is C10H11ClN2O4S. The van der Waals surface area contributed by atoms with Crippen LogP contribution < -0.4 is 0 Å². The van der Waals surface area contributed by atoms with E-state index in [0.717, 1.165) is 6.07 Å². The number of hydrogen-bond acceptors (Lipinski definition) is 5. The zero-order valence-corrected chi connectivity index (χ0v) is 11.3. The van der Waals surface area contributed by atoms with E-state index in [1.54, 1.807) is 13.8 Å². The largest absolute Gasteiger partial charge is 0.289 e. The first-order valence-electron chi connectivity index (χ1n) is 4.95. The van der Waals surface area contributed by atoms with Gasteiger partial charge in [-0.3, -0.25) is 20.2 Å². The summed E-state index contributed by atoms with van der Waals surface area (Å²) in [6.07, 6.45) is 0. The lowest BCUT2D eigenvalue weighted by molar-refractivity contribution is -0.396. The third kappa shape index (κ3) is 4.15. The molecule has 0 radical (unpaired) electrons. The zero-order valence-electron chi connectivity index (χ0n) is 9.75. The van der Waals surface area contributed by atoms with Gasteiger partial charge in [0.2, 0.25) is 0 Å². The topological polar surface area (TPSA) is 86.3 Å². The molecule has 18 heavy (non-hydrogen) atoms. The molecule has 98 valence electrons. The first-order valence-corrected chi connectivity index (χ1v) is 6.31. The van der Waals surface area contributed by atoms with Gasteiger partial charge in [-0.05, 0) is 19.9 Å². The van der Waals surface area contributed by atoms with Crippen LogP contribution in [0.3, 0.4) is 0 Å². The zero-order chi connectivity index (χ0) is 13.9. The maximum absolute atomic E-state index is 10.9. The molecule has 0 heterocycles. The summed E-state index contributed by atoms with van der Waals surface area (Å²) >= 11 is 7.20. The van der Waals surface area contributed by atoms with Gasteiger partial charge in [0.25, 0.3) is 11.4 Å². The molecule has 0 saturated heterocycles. The third-order valence-electron chi connectivity index (χ3n) is 1.92. The molecule has 0 saturated carbocycles. The van der Waals surface area contributed by atoms with E-state index in [1.807, 2.05) is 0 Å². The normalized spacial score (nSPS) is 11.3. The maximum atomic E-state index is 10.9. The highest BCUT2D eigenvalue weighted by molar-refractivity contribution is 7.99. The first kappa shape index (κ1) is 14.7. The van der Waals surface area contributed by atoms with Gasteiger partial charge in [0, 0.05) is 16.7 Å². The van der Waals surface area contributed by atoms with Gasteiger partial charge in [-0.15, -0.1) is 23.4 Å². The van der Waals surface area contributed by atoms with Crippen molar-refractivity contribution in [2.45, 2.75) is 23.6 Å². The van der Waals surface area contributed by atoms with Crippen molar-refractivity contribution in [3.63, 3.8) is 0 Å². The molecule has 0 aliphatic carbocycles. The summed E-state index contributed by atoms with van der Waals surface area (Å²) in [7, 11) is 0. The summed E-state index contributed by atoms with van der Waals surface area (Å²) in [4.78, 5) is 20.0. The smallest absolute Gasteiger partial charge is 0.258 e. The highest BCUT2D eigenvalue weighted by Gasteiger charge is 2.22. The molecule has 0 aliphatic rings. The first-order chi connectivity index (χ1) is 8.20. The highest BCUT2D eigenvalue weighted by atomic mass is 35.5. The molecule has 0 atom stereocenters. The fraction of sp³-hybridized carbons (Fsp3) is 0.400. The quantitative estimate of drug-likeness (QED) is 0.358. The van der Waals surface area contributed by atoms with E-state index in [0.29, 0.717) is 10.6 Å². The van der Waals surface area contributed by atoms with E-state index in [4.69, 9.17) is 11.6 Å². The Labute approximate surface area is 113 Å². The van der Waals surface area contributed by atoms with Crippen LogP contribution in [-0.2, 0) is 0 Å². The number of benzene rings is 1. The standard InChI is InChI=1S/C10H11ClN2O4S/c1-10(2,11)6-18-9-4-3-7(12(14)15)5-8(9)13(16)17/h3-5H,6H2,1-2H3. The number of rotatable bonds is 5. The van der Waals surface area contributed by atoms with Crippen LogP contribution in [0.2, 0.25) is 0 Å². The molecule has 0 unspecified atom stereocenters. The Morgan fingerprint density at radius 2 is 1.89 bits per heavy atom. The Balaban J connectivity index is 3.05. The van der Waals surface area contributed by atoms with E-state index < -0.39 is 14.7 Å². The van der Waals surface area contributed by atoms with Gasteiger partial charge < -0.3 is 0 Å². The minimum absolute atomic E-state index is 0.268. The number of halogens is 1. The van der Waals surface area contributed by atoms with E-state index in [9.17, 15) is 20.2 Å². The van der Waals surface area contributed by atoms with Crippen molar-refractivity contribution < 1.29 is 9.85 Å². The minimum Gasteiger partial charge on any atom is -0.258 e. The van der Waals surface area contributed by atoms with Crippen LogP contribution in [0, 0.1) is 20.2 Å². The van der Waals surface area contributed by atoms with Gasteiger partial charge in [-0.25, -0.2) is 0 Å². The van der Waals surface area contributed by atoms with Gasteiger partial charge in [0.15, 0.2) is 0 Å². The number of non-ortho nitro benzene ring substituents is 1. The van der Waals surface area contributed by atoms with Crippen LogP contribution in [0.25, 0.3) is 0 Å². The molecule has 0 N–H and O–H groups in total. The van der Waals surface area contributed by atoms with Crippen molar-refractivity contribution in [1.82, 2.24) is 0 Å². The average molecular weight is 291 g/mol. The molecule has 1 aromatic rings. The van der Waals surface area contributed by atoms with Crippen molar-refractivity contribution in [1.29, 1.82) is 0 Å². The number of thioether (sulfide) groups is 1. The van der Waals surface area contributed by atoms with Crippen LogP contribution in [0.4, 0.5) is 11.4 Å². The molecule has 0 fully saturated rings. The molecular weight excluding hydrogens is 280 g/mol. The maximum Gasteiger partial charge on any atom is 0.289 e. The third-order valence-corrected chi connectivity index (χ3v) is 3.74. The SMILES string of the molecule is CC(C)(Cl)CSc1ccc([N+](=O)[O-])cc1[N+](=O)[O-]. The minimum atomic E-state index is -0.660. The summed E-state index contributed by atoms with van der Waals surface area (Å²) in [5.74, 6) is 0.465. The molecule has 0 aromatic heterocycles. The summed E-state index contributed by atoms with van der Waals surface area (Å²) in [6, 6.07) is 3.59. The molecule has 0 aliphatic heterocycles. The Bertz CT molecular complexity index is 487. The van der Waals surface area contributed by atoms with Crippen LogP contribution >= 0.6 is 23.4 Å². The molecule has 1 rings (SSSR count). The average Bonchev–Trinajstić information content (AvgIpc) is 2.24. The van der Waals surface area contributed by atoms with Crippen LogP contribution in [0.15, 0.2) is 23.1 Å². The van der Waals surface area contributed by atoms with Crippen molar-refractivity contribution in [3.8, 4) is 0 Å². The number of alkyl halides is 1. The second-order valence-electron chi connectivity index (χ2n) is 4.17. The van der Waals surface area contributed by atoms with Crippen LogP contribution in [-0.4, -0.2) is 20.5 Å². The van der Waals surface area contributed by atoms with Crippen LogP contribution in [0.5, 0.6) is 0 Å². The van der Waals surface area contributed by atoms with Crippen molar-refractivity contribution >= 4 is 34.7 Å². The number of nitro benzene ring substituents is 2. The van der Waals surface area contributed by atoms with Gasteiger partial charge in [0.05, 0.1) is 20.8 Å². The lowest BCUT2D eigenvalue weighted by Gasteiger charge is -2.14. The summed E-state index contributed by atoms with van der Waals surface area (Å²) in [5, 5.41) is 21.4. The molecule has 0 spiro atoms. The predicted octanol–water partition coefficient (Wildman–Crippen LogP) is 3.61. The molecule has 8 heteroatoms. The molecule has 6 nitrogen and oxygen atoms in total. The highest BCUT2D eigenvalue weighted by Crippen LogP contribution is 2.35. The Hall–Kier alpha value is -1.34. The van der Waals surface area contributed by atoms with E-state index in [-0.39, 0.29) is 11.4 Å². The second-order valence-corrected chi connectivity index (χ2v) is 6.21. The van der Waals surface area contributed by atoms with Crippen molar-refractivity contribution in [2.75, 3.05) is 5.75 Å². The molecule has 1 aromatic carbocycles. The fourth-order valence-corrected chi connectivity index (χ4v) is 2.24. The molecule has 0 amide bonds.